The highest BCUT2D eigenvalue weighted by Crippen LogP contribution is 2.17. The topological polar surface area (TPSA) is 83.9 Å². The average Bonchev–Trinajstić information content (AvgIpc) is 2.29. The van der Waals surface area contributed by atoms with Crippen LogP contribution in [0.5, 0.6) is 0 Å². The number of esters is 1. The lowest BCUT2D eigenvalue weighted by Gasteiger charge is -2.22. The number of rotatable bonds is 6. The number of carbonyl (C=O) groups is 3. The SMILES string of the molecule is COC(=O)CCN(CC(F)(F)F)C(=O)/C=C/C(=O)O. The molecule has 0 aliphatic rings. The van der Waals surface area contributed by atoms with Gasteiger partial charge in [0.25, 0.3) is 0 Å². The minimum Gasteiger partial charge on any atom is -0.478 e. The van der Waals surface area contributed by atoms with Crippen molar-refractivity contribution in [2.75, 3.05) is 20.2 Å². The number of hydrogen-bond acceptors (Lipinski definition) is 4. The van der Waals surface area contributed by atoms with E-state index in [1.807, 2.05) is 0 Å². The van der Waals surface area contributed by atoms with Gasteiger partial charge in [-0.2, -0.15) is 13.2 Å². The van der Waals surface area contributed by atoms with Crippen molar-refractivity contribution >= 4 is 17.8 Å². The Morgan fingerprint density at radius 3 is 2.26 bits per heavy atom. The van der Waals surface area contributed by atoms with E-state index in [0.29, 0.717) is 17.1 Å². The summed E-state index contributed by atoms with van der Waals surface area (Å²) in [7, 11) is 1.06. The molecule has 19 heavy (non-hydrogen) atoms. The molecule has 0 heterocycles. The predicted octanol–water partition coefficient (Wildman–Crippen LogP) is 0.581. The molecule has 0 rings (SSSR count). The Morgan fingerprint density at radius 1 is 1.26 bits per heavy atom. The molecule has 1 N–H and O–H groups in total. The highest BCUT2D eigenvalue weighted by molar-refractivity contribution is 5.94. The number of halogens is 3. The summed E-state index contributed by atoms with van der Waals surface area (Å²) in [5, 5.41) is 8.28. The van der Waals surface area contributed by atoms with Crippen LogP contribution in [-0.2, 0) is 19.1 Å². The van der Waals surface area contributed by atoms with Crippen molar-refractivity contribution in [1.29, 1.82) is 0 Å². The van der Waals surface area contributed by atoms with Gasteiger partial charge in [0.2, 0.25) is 5.91 Å². The predicted molar refractivity (Wildman–Crippen MR) is 56.0 cm³/mol. The fraction of sp³-hybridized carbons (Fsp3) is 0.500. The summed E-state index contributed by atoms with van der Waals surface area (Å²) < 4.78 is 40.9. The van der Waals surface area contributed by atoms with Gasteiger partial charge in [0, 0.05) is 18.7 Å². The smallest absolute Gasteiger partial charge is 0.406 e. The molecule has 0 aromatic rings. The number of methoxy groups -OCH3 is 1. The second-order valence-electron chi connectivity index (χ2n) is 3.37. The second-order valence-corrected chi connectivity index (χ2v) is 3.37. The Labute approximate surface area is 106 Å². The molecule has 9 heteroatoms. The van der Waals surface area contributed by atoms with E-state index >= 15 is 0 Å². The molecule has 0 aromatic heterocycles. The molecular weight excluding hydrogens is 271 g/mol. The van der Waals surface area contributed by atoms with Gasteiger partial charge in [0.1, 0.15) is 6.54 Å². The van der Waals surface area contributed by atoms with Gasteiger partial charge in [-0.05, 0) is 0 Å². The van der Waals surface area contributed by atoms with Gasteiger partial charge < -0.3 is 14.7 Å². The molecule has 0 saturated carbocycles. The van der Waals surface area contributed by atoms with Crippen molar-refractivity contribution in [2.45, 2.75) is 12.6 Å². The van der Waals surface area contributed by atoms with Crippen LogP contribution in [0.15, 0.2) is 12.2 Å². The number of carbonyl (C=O) groups excluding carboxylic acids is 2. The Hall–Kier alpha value is -2.06. The zero-order valence-corrected chi connectivity index (χ0v) is 9.94. The lowest BCUT2D eigenvalue weighted by molar-refractivity contribution is -0.160. The first-order valence-corrected chi connectivity index (χ1v) is 4.99. The second kappa shape index (κ2) is 7.39. The zero-order chi connectivity index (χ0) is 15.1. The van der Waals surface area contributed by atoms with Crippen molar-refractivity contribution in [3.8, 4) is 0 Å². The number of amides is 1. The highest BCUT2D eigenvalue weighted by atomic mass is 19.4. The number of carboxylic acids is 1. The van der Waals surface area contributed by atoms with E-state index in [4.69, 9.17) is 5.11 Å². The minimum atomic E-state index is -4.65. The Kier molecular flexibility index (Phi) is 6.59. The van der Waals surface area contributed by atoms with Crippen LogP contribution in [0.25, 0.3) is 0 Å². The molecule has 0 unspecified atom stereocenters. The summed E-state index contributed by atoms with van der Waals surface area (Å²) >= 11 is 0. The Bertz CT molecular complexity index is 378. The first kappa shape index (κ1) is 16.9. The molecule has 108 valence electrons. The summed E-state index contributed by atoms with van der Waals surface area (Å²) in [6.45, 7) is -2.10. The normalized spacial score (nSPS) is 11.4. The van der Waals surface area contributed by atoms with Crippen LogP contribution >= 0.6 is 0 Å². The first-order valence-electron chi connectivity index (χ1n) is 4.99. The van der Waals surface area contributed by atoms with E-state index in [1.54, 1.807) is 0 Å². The summed E-state index contributed by atoms with van der Waals surface area (Å²) in [5.41, 5.74) is 0. The van der Waals surface area contributed by atoms with E-state index in [-0.39, 0.29) is 0 Å². The molecule has 0 radical (unpaired) electrons. The fourth-order valence-electron chi connectivity index (χ4n) is 1.06. The molecule has 0 atom stereocenters. The van der Waals surface area contributed by atoms with Crippen LogP contribution in [-0.4, -0.2) is 54.2 Å². The van der Waals surface area contributed by atoms with Crippen molar-refractivity contribution < 1.29 is 37.4 Å². The van der Waals surface area contributed by atoms with Crippen LogP contribution in [0.1, 0.15) is 6.42 Å². The Morgan fingerprint density at radius 2 is 1.84 bits per heavy atom. The van der Waals surface area contributed by atoms with E-state index in [1.165, 1.54) is 0 Å². The molecule has 0 saturated heterocycles. The maximum atomic E-state index is 12.2. The maximum Gasteiger partial charge on any atom is 0.406 e. The van der Waals surface area contributed by atoms with Gasteiger partial charge in [0.05, 0.1) is 13.5 Å². The molecule has 1 amide bonds. The number of hydrogen-bond donors (Lipinski definition) is 1. The summed E-state index contributed by atoms with van der Waals surface area (Å²) in [5.74, 6) is -3.39. The number of nitrogens with zero attached hydrogens (tertiary/aromatic N) is 1. The molecule has 0 spiro atoms. The molecule has 0 aliphatic heterocycles. The van der Waals surface area contributed by atoms with E-state index in [2.05, 4.69) is 4.74 Å². The average molecular weight is 283 g/mol. The third-order valence-electron chi connectivity index (χ3n) is 1.86. The third-order valence-corrected chi connectivity index (χ3v) is 1.86. The molecular formula is C10H12F3NO5. The van der Waals surface area contributed by atoms with Gasteiger partial charge in [-0.25, -0.2) is 4.79 Å². The van der Waals surface area contributed by atoms with Gasteiger partial charge in [-0.1, -0.05) is 0 Å². The quantitative estimate of drug-likeness (QED) is 0.569. The van der Waals surface area contributed by atoms with Crippen LogP contribution in [0.4, 0.5) is 13.2 Å². The van der Waals surface area contributed by atoms with Crippen molar-refractivity contribution in [2.24, 2.45) is 0 Å². The number of aliphatic carboxylic acids is 1. The van der Waals surface area contributed by atoms with E-state index < -0.39 is 43.5 Å². The molecule has 0 bridgehead atoms. The fourth-order valence-corrected chi connectivity index (χ4v) is 1.06. The molecule has 6 nitrogen and oxygen atoms in total. The third kappa shape index (κ3) is 8.63. The van der Waals surface area contributed by atoms with Crippen LogP contribution in [0, 0.1) is 0 Å². The zero-order valence-electron chi connectivity index (χ0n) is 9.94. The van der Waals surface area contributed by atoms with Gasteiger partial charge in [-0.15, -0.1) is 0 Å². The van der Waals surface area contributed by atoms with Gasteiger partial charge in [0.15, 0.2) is 0 Å². The standard InChI is InChI=1S/C10H12F3NO5/c1-19-9(18)4-5-14(6-10(11,12)13)7(15)2-3-8(16)17/h2-3H,4-6H2,1H3,(H,16,17)/b3-2+. The molecule has 0 fully saturated rings. The largest absolute Gasteiger partial charge is 0.478 e. The summed E-state index contributed by atoms with van der Waals surface area (Å²) in [6, 6.07) is 0. The highest BCUT2D eigenvalue weighted by Gasteiger charge is 2.32. The van der Waals surface area contributed by atoms with Gasteiger partial charge in [-0.3, -0.25) is 9.59 Å². The Balaban J connectivity index is 4.70. The monoisotopic (exact) mass is 283 g/mol. The first-order chi connectivity index (χ1) is 8.65. The minimum absolute atomic E-state index is 0.316. The molecule has 0 aliphatic carbocycles. The van der Waals surface area contributed by atoms with Crippen LogP contribution in [0.2, 0.25) is 0 Å². The van der Waals surface area contributed by atoms with Crippen molar-refractivity contribution in [3.05, 3.63) is 12.2 Å². The maximum absolute atomic E-state index is 12.2. The summed E-state index contributed by atoms with van der Waals surface area (Å²) in [6.07, 6.45) is -4.16. The number of alkyl halides is 3. The summed E-state index contributed by atoms with van der Waals surface area (Å²) in [4.78, 5) is 32.7. The molecule has 0 aromatic carbocycles. The van der Waals surface area contributed by atoms with Crippen molar-refractivity contribution in [3.63, 3.8) is 0 Å². The number of ether oxygens (including phenoxy) is 1. The van der Waals surface area contributed by atoms with E-state index in [0.717, 1.165) is 7.11 Å². The lowest BCUT2D eigenvalue weighted by Crippen LogP contribution is -2.39. The van der Waals surface area contributed by atoms with Crippen LogP contribution in [0.3, 0.4) is 0 Å². The van der Waals surface area contributed by atoms with Crippen molar-refractivity contribution in [1.82, 2.24) is 4.90 Å². The van der Waals surface area contributed by atoms with Gasteiger partial charge >= 0.3 is 18.1 Å². The number of carboxylic acid groups (broad SMARTS) is 1. The van der Waals surface area contributed by atoms with E-state index in [9.17, 15) is 27.6 Å². The van der Waals surface area contributed by atoms with Crippen LogP contribution < -0.4 is 0 Å². The lowest BCUT2D eigenvalue weighted by atomic mass is 10.3.